The average Bonchev–Trinajstić information content (AvgIpc) is 3.06. The molecule has 0 unspecified atom stereocenters. The third-order valence-electron chi connectivity index (χ3n) is 4.05. The van der Waals surface area contributed by atoms with Gasteiger partial charge in [0.05, 0.1) is 16.7 Å². The number of aromatic nitrogens is 2. The maximum Gasteiger partial charge on any atom is 0.436 e. The number of likely N-dealkylation sites (tertiary alicyclic amines) is 1. The van der Waals surface area contributed by atoms with Gasteiger partial charge in [-0.25, -0.2) is 0 Å². The lowest BCUT2D eigenvalue weighted by Crippen LogP contribution is -2.31. The molecule has 0 bridgehead atoms. The van der Waals surface area contributed by atoms with Gasteiger partial charge in [-0.3, -0.25) is 14.3 Å². The van der Waals surface area contributed by atoms with Gasteiger partial charge in [-0.05, 0) is 35.7 Å². The summed E-state index contributed by atoms with van der Waals surface area (Å²) in [6.07, 6.45) is -2.38. The fourth-order valence-electron chi connectivity index (χ4n) is 2.66. The number of nitrogens with one attached hydrogen (secondary N) is 1. The number of alkyl halides is 3. The van der Waals surface area contributed by atoms with E-state index in [1.807, 2.05) is 0 Å². The van der Waals surface area contributed by atoms with Crippen LogP contribution in [0.15, 0.2) is 4.47 Å². The van der Waals surface area contributed by atoms with Crippen molar-refractivity contribution in [3.63, 3.8) is 0 Å². The van der Waals surface area contributed by atoms with Crippen molar-refractivity contribution in [2.45, 2.75) is 45.3 Å². The van der Waals surface area contributed by atoms with Crippen LogP contribution in [0.4, 0.5) is 13.2 Å². The first-order chi connectivity index (χ1) is 11.7. The van der Waals surface area contributed by atoms with Crippen molar-refractivity contribution in [2.75, 3.05) is 19.6 Å². The molecule has 1 N–H and O–H groups in total. The van der Waals surface area contributed by atoms with Crippen LogP contribution in [0.5, 0.6) is 0 Å². The Labute approximate surface area is 151 Å². The average molecular weight is 425 g/mol. The fourth-order valence-corrected chi connectivity index (χ4v) is 3.17. The lowest BCUT2D eigenvalue weighted by molar-refractivity contribution is -0.142. The molecular weight excluding hydrogens is 405 g/mol. The van der Waals surface area contributed by atoms with Crippen LogP contribution in [0.1, 0.15) is 37.1 Å². The molecular formula is C15H20BrF3N4O2. The highest BCUT2D eigenvalue weighted by Crippen LogP contribution is 2.35. The summed E-state index contributed by atoms with van der Waals surface area (Å²) in [6.45, 7) is 3.38. The van der Waals surface area contributed by atoms with Crippen LogP contribution < -0.4 is 5.32 Å². The van der Waals surface area contributed by atoms with Gasteiger partial charge in [-0.15, -0.1) is 0 Å². The van der Waals surface area contributed by atoms with Gasteiger partial charge in [-0.2, -0.15) is 18.3 Å². The van der Waals surface area contributed by atoms with Gasteiger partial charge in [0.25, 0.3) is 0 Å². The summed E-state index contributed by atoms with van der Waals surface area (Å²) in [4.78, 5) is 25.0. The quantitative estimate of drug-likeness (QED) is 0.683. The predicted molar refractivity (Wildman–Crippen MR) is 87.7 cm³/mol. The predicted octanol–water partition coefficient (Wildman–Crippen LogP) is 2.49. The van der Waals surface area contributed by atoms with Gasteiger partial charge < -0.3 is 10.2 Å². The summed E-state index contributed by atoms with van der Waals surface area (Å²) in [5, 5.41) is 6.24. The van der Waals surface area contributed by atoms with Crippen LogP contribution in [0, 0.1) is 6.92 Å². The molecule has 2 heterocycles. The van der Waals surface area contributed by atoms with E-state index >= 15 is 0 Å². The maximum atomic E-state index is 12.8. The zero-order chi connectivity index (χ0) is 18.6. The topological polar surface area (TPSA) is 67.2 Å². The van der Waals surface area contributed by atoms with E-state index in [2.05, 4.69) is 26.3 Å². The molecule has 6 nitrogen and oxygen atoms in total. The van der Waals surface area contributed by atoms with Crippen molar-refractivity contribution >= 4 is 27.7 Å². The number of carbonyl (C=O) groups excluding carboxylic acids is 2. The van der Waals surface area contributed by atoms with Gasteiger partial charge in [0.15, 0.2) is 5.69 Å². The summed E-state index contributed by atoms with van der Waals surface area (Å²) in [6, 6.07) is 0. The Morgan fingerprint density at radius 3 is 2.64 bits per heavy atom. The fraction of sp³-hybridized carbons (Fsp3) is 0.667. The number of amides is 2. The minimum atomic E-state index is -4.54. The van der Waals surface area contributed by atoms with Crippen LogP contribution in [0.25, 0.3) is 0 Å². The van der Waals surface area contributed by atoms with E-state index < -0.39 is 11.9 Å². The van der Waals surface area contributed by atoms with Crippen LogP contribution in [-0.2, 0) is 22.3 Å². The van der Waals surface area contributed by atoms with Crippen molar-refractivity contribution < 1.29 is 22.8 Å². The summed E-state index contributed by atoms with van der Waals surface area (Å²) in [7, 11) is 0. The van der Waals surface area contributed by atoms with Crippen LogP contribution in [-0.4, -0.2) is 46.1 Å². The van der Waals surface area contributed by atoms with Gasteiger partial charge in [0.1, 0.15) is 0 Å². The zero-order valence-electron chi connectivity index (χ0n) is 13.8. The van der Waals surface area contributed by atoms with E-state index in [4.69, 9.17) is 0 Å². The first-order valence-electron chi connectivity index (χ1n) is 8.04. The van der Waals surface area contributed by atoms with E-state index in [1.165, 1.54) is 11.6 Å². The molecule has 0 aromatic carbocycles. The molecule has 1 saturated heterocycles. The minimum absolute atomic E-state index is 0.0366. The third-order valence-corrected chi connectivity index (χ3v) is 5.00. The molecule has 0 radical (unpaired) electrons. The number of hydrogen-bond donors (Lipinski definition) is 1. The maximum absolute atomic E-state index is 12.8. The third kappa shape index (κ3) is 5.20. The van der Waals surface area contributed by atoms with Gasteiger partial charge in [-0.1, -0.05) is 0 Å². The Kier molecular flexibility index (Phi) is 6.47. The first kappa shape index (κ1) is 19.7. The molecule has 1 fully saturated rings. The molecule has 1 aliphatic heterocycles. The van der Waals surface area contributed by atoms with Crippen LogP contribution >= 0.6 is 15.9 Å². The van der Waals surface area contributed by atoms with Crippen molar-refractivity contribution in [1.82, 2.24) is 20.0 Å². The van der Waals surface area contributed by atoms with Crippen LogP contribution in [0.3, 0.4) is 0 Å². The second kappa shape index (κ2) is 8.20. The number of halogens is 4. The molecule has 1 aromatic rings. The monoisotopic (exact) mass is 424 g/mol. The molecule has 0 spiro atoms. The number of rotatable bonds is 7. The van der Waals surface area contributed by atoms with Gasteiger partial charge in [0.2, 0.25) is 11.8 Å². The minimum Gasteiger partial charge on any atom is -0.356 e. The molecule has 0 saturated carbocycles. The highest BCUT2D eigenvalue weighted by atomic mass is 79.9. The zero-order valence-corrected chi connectivity index (χ0v) is 15.4. The Morgan fingerprint density at radius 1 is 1.36 bits per heavy atom. The number of nitrogens with zero attached hydrogens (tertiary/aromatic N) is 3. The molecule has 0 aliphatic carbocycles. The SMILES string of the molecule is Cc1c(Br)c(C(F)(F)F)nn1CCC(=O)NCCCN1CCCC1=O. The van der Waals surface area contributed by atoms with Gasteiger partial charge in [0, 0.05) is 32.5 Å². The molecule has 25 heavy (non-hydrogen) atoms. The number of aryl methyl sites for hydroxylation is 1. The van der Waals surface area contributed by atoms with Crippen molar-refractivity contribution in [3.8, 4) is 0 Å². The molecule has 10 heteroatoms. The van der Waals surface area contributed by atoms with Crippen molar-refractivity contribution in [1.29, 1.82) is 0 Å². The lowest BCUT2D eigenvalue weighted by Gasteiger charge is -2.15. The van der Waals surface area contributed by atoms with E-state index in [1.54, 1.807) is 4.90 Å². The molecule has 1 aromatic heterocycles. The Morgan fingerprint density at radius 2 is 2.08 bits per heavy atom. The lowest BCUT2D eigenvalue weighted by atomic mass is 10.3. The Bertz CT molecular complexity index is 645. The summed E-state index contributed by atoms with van der Waals surface area (Å²) < 4.78 is 39.4. The summed E-state index contributed by atoms with van der Waals surface area (Å²) >= 11 is 2.90. The van der Waals surface area contributed by atoms with Crippen LogP contribution in [0.2, 0.25) is 0 Å². The van der Waals surface area contributed by atoms with Crippen molar-refractivity contribution in [2.24, 2.45) is 0 Å². The summed E-state index contributed by atoms with van der Waals surface area (Å²) in [5.41, 5.74) is -0.659. The molecule has 2 rings (SSSR count). The number of hydrogen-bond acceptors (Lipinski definition) is 3. The largest absolute Gasteiger partial charge is 0.436 e. The van der Waals surface area contributed by atoms with E-state index in [9.17, 15) is 22.8 Å². The normalized spacial score (nSPS) is 15.1. The van der Waals surface area contributed by atoms with E-state index in [0.717, 1.165) is 13.0 Å². The molecule has 1 aliphatic rings. The Hall–Kier alpha value is -1.58. The smallest absolute Gasteiger partial charge is 0.356 e. The van der Waals surface area contributed by atoms with E-state index in [-0.39, 0.29) is 29.3 Å². The Balaban J connectivity index is 1.74. The first-order valence-corrected chi connectivity index (χ1v) is 8.84. The molecule has 0 atom stereocenters. The second-order valence-corrected chi connectivity index (χ2v) is 6.70. The highest BCUT2D eigenvalue weighted by molar-refractivity contribution is 9.10. The van der Waals surface area contributed by atoms with Gasteiger partial charge >= 0.3 is 6.18 Å². The number of carbonyl (C=O) groups is 2. The molecule has 140 valence electrons. The highest BCUT2D eigenvalue weighted by Gasteiger charge is 2.37. The second-order valence-electron chi connectivity index (χ2n) is 5.91. The standard InChI is InChI=1S/C15H20BrF3N4O2/c1-10-13(16)14(15(17,18)19)21-23(10)9-5-11(24)20-6-3-8-22-7-2-4-12(22)25/h2-9H2,1H3,(H,20,24). The van der Waals surface area contributed by atoms with E-state index in [0.29, 0.717) is 31.6 Å². The summed E-state index contributed by atoms with van der Waals surface area (Å²) in [5.74, 6) is -0.112. The van der Waals surface area contributed by atoms with Crippen molar-refractivity contribution in [3.05, 3.63) is 15.9 Å². The molecule has 2 amide bonds.